The molecular formula is C24H28N2O. The number of rotatable bonds is 6. The van der Waals surface area contributed by atoms with E-state index in [1.165, 1.54) is 34.9 Å². The molecule has 1 aliphatic rings. The Morgan fingerprint density at radius 2 is 2.07 bits per heavy atom. The molecule has 27 heavy (non-hydrogen) atoms. The summed E-state index contributed by atoms with van der Waals surface area (Å²) in [7, 11) is 4.03. The second-order valence-electron chi connectivity index (χ2n) is 7.66. The second kappa shape index (κ2) is 8.10. The van der Waals surface area contributed by atoms with Gasteiger partial charge in [0.1, 0.15) is 5.75 Å². The highest BCUT2D eigenvalue weighted by atomic mass is 16.5. The number of nitrogens with zero attached hydrogens (tertiary/aromatic N) is 2. The fraction of sp³-hybridized carbons (Fsp3) is 0.375. The van der Waals surface area contributed by atoms with Gasteiger partial charge in [-0.05, 0) is 79.6 Å². The van der Waals surface area contributed by atoms with Gasteiger partial charge in [-0.15, -0.1) is 0 Å². The highest BCUT2D eigenvalue weighted by Gasteiger charge is 2.23. The van der Waals surface area contributed by atoms with E-state index in [1.54, 1.807) is 7.11 Å². The van der Waals surface area contributed by atoms with E-state index in [4.69, 9.17) is 4.74 Å². The predicted octanol–water partition coefficient (Wildman–Crippen LogP) is 4.84. The van der Waals surface area contributed by atoms with E-state index in [2.05, 4.69) is 59.4 Å². The number of methoxy groups -OCH3 is 1. The van der Waals surface area contributed by atoms with Crippen LogP contribution in [0.1, 0.15) is 35.4 Å². The summed E-state index contributed by atoms with van der Waals surface area (Å²) in [5.74, 6) is 1.67. The lowest BCUT2D eigenvalue weighted by Crippen LogP contribution is -2.28. The summed E-state index contributed by atoms with van der Waals surface area (Å²) in [6.45, 7) is 2.18. The molecular weight excluding hydrogens is 332 g/mol. The van der Waals surface area contributed by atoms with Crippen LogP contribution in [0.15, 0.2) is 54.7 Å². The van der Waals surface area contributed by atoms with Crippen LogP contribution in [0.3, 0.4) is 0 Å². The van der Waals surface area contributed by atoms with Crippen molar-refractivity contribution in [1.29, 1.82) is 0 Å². The Morgan fingerprint density at radius 1 is 1.15 bits per heavy atom. The lowest BCUT2D eigenvalue weighted by atomic mass is 9.82. The minimum atomic E-state index is 0.606. The number of ether oxygens (including phenoxy) is 1. The molecule has 0 saturated heterocycles. The third-order valence-corrected chi connectivity index (χ3v) is 5.79. The van der Waals surface area contributed by atoms with Crippen molar-refractivity contribution in [3.63, 3.8) is 0 Å². The minimum absolute atomic E-state index is 0.606. The van der Waals surface area contributed by atoms with Gasteiger partial charge in [-0.3, -0.25) is 4.98 Å². The summed E-state index contributed by atoms with van der Waals surface area (Å²) < 4.78 is 5.59. The first kappa shape index (κ1) is 18.0. The molecule has 0 radical (unpaired) electrons. The van der Waals surface area contributed by atoms with E-state index < -0.39 is 0 Å². The van der Waals surface area contributed by atoms with Crippen LogP contribution in [-0.2, 0) is 12.8 Å². The number of pyridine rings is 1. The maximum atomic E-state index is 5.59. The van der Waals surface area contributed by atoms with Crippen LogP contribution < -0.4 is 4.74 Å². The van der Waals surface area contributed by atoms with Crippen LogP contribution in [0.5, 0.6) is 5.75 Å². The standard InChI is InChI=1S/C24H28N2O/c1-26(15-13-18-11-12-23-19(16-18)7-5-14-25-23)17-20-6-3-9-22-21(20)8-4-10-24(22)27-2/h4-5,7-8,10-12,14,16,20H,3,6,9,13,15,17H2,1-2H3/t20-/m0/s1. The summed E-state index contributed by atoms with van der Waals surface area (Å²) in [4.78, 5) is 6.89. The molecule has 0 saturated carbocycles. The summed E-state index contributed by atoms with van der Waals surface area (Å²) in [5, 5.41) is 1.23. The van der Waals surface area contributed by atoms with Gasteiger partial charge < -0.3 is 9.64 Å². The van der Waals surface area contributed by atoms with Crippen LogP contribution >= 0.6 is 0 Å². The van der Waals surface area contributed by atoms with E-state index in [0.717, 1.165) is 37.2 Å². The van der Waals surface area contributed by atoms with Gasteiger partial charge in [0.2, 0.25) is 0 Å². The molecule has 0 fully saturated rings. The van der Waals surface area contributed by atoms with Crippen LogP contribution in [-0.4, -0.2) is 37.1 Å². The van der Waals surface area contributed by atoms with Crippen LogP contribution in [0.25, 0.3) is 10.9 Å². The van der Waals surface area contributed by atoms with Crippen molar-refractivity contribution >= 4 is 10.9 Å². The zero-order valence-corrected chi connectivity index (χ0v) is 16.3. The van der Waals surface area contributed by atoms with Crippen LogP contribution in [0.4, 0.5) is 0 Å². The topological polar surface area (TPSA) is 25.4 Å². The Labute approximate surface area is 162 Å². The zero-order chi connectivity index (χ0) is 18.6. The van der Waals surface area contributed by atoms with Gasteiger partial charge in [0.05, 0.1) is 12.6 Å². The third kappa shape index (κ3) is 3.98. The molecule has 3 heteroatoms. The van der Waals surface area contributed by atoms with Crippen molar-refractivity contribution in [1.82, 2.24) is 9.88 Å². The molecule has 3 aromatic rings. The largest absolute Gasteiger partial charge is 0.496 e. The predicted molar refractivity (Wildman–Crippen MR) is 112 cm³/mol. The number of fused-ring (bicyclic) bond motifs is 2. The summed E-state index contributed by atoms with van der Waals surface area (Å²) in [5.41, 5.74) is 5.37. The Morgan fingerprint density at radius 3 is 2.96 bits per heavy atom. The fourth-order valence-corrected chi connectivity index (χ4v) is 4.36. The Hall–Kier alpha value is -2.39. The average molecular weight is 361 g/mol. The molecule has 0 bridgehead atoms. The van der Waals surface area contributed by atoms with Crippen LogP contribution in [0.2, 0.25) is 0 Å². The summed E-state index contributed by atoms with van der Waals surface area (Å²) in [6.07, 6.45) is 6.59. The first-order valence-electron chi connectivity index (χ1n) is 9.92. The van der Waals surface area contributed by atoms with Crippen molar-refractivity contribution in [2.24, 2.45) is 0 Å². The van der Waals surface area contributed by atoms with E-state index >= 15 is 0 Å². The lowest BCUT2D eigenvalue weighted by Gasteiger charge is -2.30. The molecule has 0 spiro atoms. The minimum Gasteiger partial charge on any atom is -0.496 e. The SMILES string of the molecule is COc1cccc2c1CCC[C@H]2CN(C)CCc1ccc2ncccc2c1. The molecule has 0 aliphatic heterocycles. The Kier molecular flexibility index (Phi) is 5.40. The van der Waals surface area contributed by atoms with Gasteiger partial charge >= 0.3 is 0 Å². The van der Waals surface area contributed by atoms with Gasteiger partial charge in [-0.25, -0.2) is 0 Å². The smallest absolute Gasteiger partial charge is 0.122 e. The zero-order valence-electron chi connectivity index (χ0n) is 16.3. The number of aromatic nitrogens is 1. The molecule has 4 rings (SSSR count). The fourth-order valence-electron chi connectivity index (χ4n) is 4.36. The van der Waals surface area contributed by atoms with E-state index in [-0.39, 0.29) is 0 Å². The van der Waals surface area contributed by atoms with Gasteiger partial charge in [-0.1, -0.05) is 24.3 Å². The summed E-state index contributed by atoms with van der Waals surface area (Å²) in [6, 6.07) is 17.3. The number of hydrogen-bond donors (Lipinski definition) is 0. The number of hydrogen-bond acceptors (Lipinski definition) is 3. The van der Waals surface area contributed by atoms with Gasteiger partial charge in [0.25, 0.3) is 0 Å². The molecule has 2 aromatic carbocycles. The average Bonchev–Trinajstić information content (AvgIpc) is 2.72. The summed E-state index contributed by atoms with van der Waals surface area (Å²) >= 11 is 0. The highest BCUT2D eigenvalue weighted by Crippen LogP contribution is 2.36. The van der Waals surface area contributed by atoms with Crippen molar-refractivity contribution < 1.29 is 4.74 Å². The molecule has 140 valence electrons. The highest BCUT2D eigenvalue weighted by molar-refractivity contribution is 5.78. The first-order valence-corrected chi connectivity index (χ1v) is 9.92. The Balaban J connectivity index is 1.40. The van der Waals surface area contributed by atoms with E-state index in [1.807, 2.05) is 12.3 Å². The molecule has 1 heterocycles. The molecule has 0 N–H and O–H groups in total. The van der Waals surface area contributed by atoms with Gasteiger partial charge in [-0.2, -0.15) is 0 Å². The van der Waals surface area contributed by atoms with Gasteiger partial charge in [0, 0.05) is 24.7 Å². The second-order valence-corrected chi connectivity index (χ2v) is 7.66. The van der Waals surface area contributed by atoms with E-state index in [9.17, 15) is 0 Å². The number of benzene rings is 2. The maximum Gasteiger partial charge on any atom is 0.122 e. The van der Waals surface area contributed by atoms with Crippen molar-refractivity contribution in [2.45, 2.75) is 31.6 Å². The monoisotopic (exact) mass is 360 g/mol. The molecule has 1 aliphatic carbocycles. The van der Waals surface area contributed by atoms with Crippen molar-refractivity contribution in [3.8, 4) is 5.75 Å². The quantitative estimate of drug-likeness (QED) is 0.629. The normalized spacial score (nSPS) is 16.5. The number of likely N-dealkylation sites (N-methyl/N-ethyl adjacent to an activating group) is 1. The van der Waals surface area contributed by atoms with Crippen LogP contribution in [0, 0.1) is 0 Å². The van der Waals surface area contributed by atoms with Gasteiger partial charge in [0.15, 0.2) is 0 Å². The lowest BCUT2D eigenvalue weighted by molar-refractivity contribution is 0.299. The Bertz CT molecular complexity index is 921. The van der Waals surface area contributed by atoms with Crippen molar-refractivity contribution in [2.75, 3.05) is 27.2 Å². The van der Waals surface area contributed by atoms with Crippen molar-refractivity contribution in [3.05, 3.63) is 71.4 Å². The molecule has 1 atom stereocenters. The molecule has 1 aromatic heterocycles. The first-order chi connectivity index (χ1) is 13.2. The molecule has 0 amide bonds. The third-order valence-electron chi connectivity index (χ3n) is 5.79. The molecule has 0 unspecified atom stereocenters. The maximum absolute atomic E-state index is 5.59. The molecule has 3 nitrogen and oxygen atoms in total. The van der Waals surface area contributed by atoms with E-state index in [0.29, 0.717) is 5.92 Å².